The van der Waals surface area contributed by atoms with Gasteiger partial charge < -0.3 is 10.2 Å². The Labute approximate surface area is 116 Å². The molecule has 0 spiro atoms. The number of rotatable bonds is 4. The minimum Gasteiger partial charge on any atom is -0.376 e. The zero-order chi connectivity index (χ0) is 13.7. The summed E-state index contributed by atoms with van der Waals surface area (Å²) in [6.45, 7) is 6.63. The third-order valence-corrected chi connectivity index (χ3v) is 3.94. The van der Waals surface area contributed by atoms with Crippen LogP contribution < -0.4 is 5.32 Å². The molecule has 1 fully saturated rings. The van der Waals surface area contributed by atoms with E-state index in [-0.39, 0.29) is 5.91 Å². The molecule has 0 aliphatic carbocycles. The molecule has 104 valence electrons. The first-order valence-corrected chi connectivity index (χ1v) is 7.29. The van der Waals surface area contributed by atoms with E-state index in [1.165, 1.54) is 5.56 Å². The van der Waals surface area contributed by atoms with Crippen LogP contribution in [-0.4, -0.2) is 30.4 Å². The fourth-order valence-corrected chi connectivity index (χ4v) is 2.41. The largest absolute Gasteiger partial charge is 0.376 e. The Hall–Kier alpha value is -1.51. The number of nitrogens with one attached hydrogen (secondary N) is 1. The van der Waals surface area contributed by atoms with Crippen LogP contribution in [0.15, 0.2) is 24.3 Å². The Morgan fingerprint density at radius 1 is 1.26 bits per heavy atom. The predicted octanol–water partition coefficient (Wildman–Crippen LogP) is 2.92. The van der Waals surface area contributed by atoms with E-state index in [1.807, 2.05) is 17.0 Å². The summed E-state index contributed by atoms with van der Waals surface area (Å²) < 4.78 is 0. The Morgan fingerprint density at radius 3 is 2.47 bits per heavy atom. The standard InChI is InChI=1S/C16H24N2O/c1-3-14-4-6-15(7-5-14)17-12-16(19)18-10-8-13(2)9-11-18/h4-7,13,17H,3,8-12H2,1-2H3. The van der Waals surface area contributed by atoms with Crippen LogP contribution in [0.5, 0.6) is 0 Å². The summed E-state index contributed by atoms with van der Waals surface area (Å²) in [5.74, 6) is 0.977. The number of benzene rings is 1. The molecule has 3 heteroatoms. The first-order chi connectivity index (χ1) is 9.19. The summed E-state index contributed by atoms with van der Waals surface area (Å²) >= 11 is 0. The normalized spacial score (nSPS) is 16.4. The highest BCUT2D eigenvalue weighted by atomic mass is 16.2. The Morgan fingerprint density at radius 2 is 1.89 bits per heavy atom. The van der Waals surface area contributed by atoms with E-state index in [0.29, 0.717) is 6.54 Å². The van der Waals surface area contributed by atoms with E-state index < -0.39 is 0 Å². The van der Waals surface area contributed by atoms with E-state index >= 15 is 0 Å². The summed E-state index contributed by atoms with van der Waals surface area (Å²) in [4.78, 5) is 14.0. The average Bonchev–Trinajstić information content (AvgIpc) is 2.46. The molecule has 1 aromatic carbocycles. The van der Waals surface area contributed by atoms with Gasteiger partial charge in [-0.05, 0) is 42.9 Å². The third-order valence-electron chi connectivity index (χ3n) is 3.94. The van der Waals surface area contributed by atoms with Crippen LogP contribution in [0.3, 0.4) is 0 Å². The fourth-order valence-electron chi connectivity index (χ4n) is 2.41. The zero-order valence-corrected chi connectivity index (χ0v) is 12.0. The van der Waals surface area contributed by atoms with Crippen molar-refractivity contribution >= 4 is 11.6 Å². The van der Waals surface area contributed by atoms with E-state index in [4.69, 9.17) is 0 Å². The van der Waals surface area contributed by atoms with Gasteiger partial charge in [-0.2, -0.15) is 0 Å². The molecule has 0 radical (unpaired) electrons. The molecule has 1 amide bonds. The van der Waals surface area contributed by atoms with Gasteiger partial charge in [0.15, 0.2) is 0 Å². The first-order valence-electron chi connectivity index (χ1n) is 7.29. The Balaban J connectivity index is 1.79. The van der Waals surface area contributed by atoms with Crippen LogP contribution in [0.1, 0.15) is 32.3 Å². The van der Waals surface area contributed by atoms with Crippen molar-refractivity contribution in [3.05, 3.63) is 29.8 Å². The summed E-state index contributed by atoms with van der Waals surface area (Å²) in [6.07, 6.45) is 3.32. The van der Waals surface area contributed by atoms with Crippen molar-refractivity contribution in [3.63, 3.8) is 0 Å². The molecule has 1 heterocycles. The van der Waals surface area contributed by atoms with Crippen molar-refractivity contribution in [3.8, 4) is 0 Å². The molecule has 0 saturated carbocycles. The lowest BCUT2D eigenvalue weighted by Gasteiger charge is -2.30. The SMILES string of the molecule is CCc1ccc(NCC(=O)N2CCC(C)CC2)cc1. The van der Waals surface area contributed by atoms with E-state index in [1.54, 1.807) is 0 Å². The van der Waals surface area contributed by atoms with Crippen LogP contribution in [-0.2, 0) is 11.2 Å². The van der Waals surface area contributed by atoms with Crippen molar-refractivity contribution in [2.75, 3.05) is 25.0 Å². The topological polar surface area (TPSA) is 32.3 Å². The van der Waals surface area contributed by atoms with Gasteiger partial charge in [0.1, 0.15) is 0 Å². The molecule has 1 aliphatic heterocycles. The van der Waals surface area contributed by atoms with Gasteiger partial charge in [0.05, 0.1) is 6.54 Å². The van der Waals surface area contributed by atoms with Gasteiger partial charge in [-0.15, -0.1) is 0 Å². The summed E-state index contributed by atoms with van der Waals surface area (Å²) in [7, 11) is 0. The van der Waals surface area contributed by atoms with Gasteiger partial charge in [0, 0.05) is 18.8 Å². The number of hydrogen-bond acceptors (Lipinski definition) is 2. The van der Waals surface area contributed by atoms with Crippen LogP contribution in [0, 0.1) is 5.92 Å². The summed E-state index contributed by atoms with van der Waals surface area (Å²) in [6, 6.07) is 8.31. The maximum atomic E-state index is 12.1. The minimum absolute atomic E-state index is 0.214. The molecule has 1 aromatic rings. The number of aryl methyl sites for hydroxylation is 1. The molecule has 19 heavy (non-hydrogen) atoms. The lowest BCUT2D eigenvalue weighted by molar-refractivity contribution is -0.130. The second-order valence-electron chi connectivity index (χ2n) is 5.47. The van der Waals surface area contributed by atoms with Crippen molar-refractivity contribution in [1.82, 2.24) is 4.90 Å². The molecule has 0 aromatic heterocycles. The molecule has 0 atom stereocenters. The number of carbonyl (C=O) groups is 1. The maximum absolute atomic E-state index is 12.1. The molecular weight excluding hydrogens is 236 g/mol. The van der Waals surface area contributed by atoms with Crippen molar-refractivity contribution in [2.24, 2.45) is 5.92 Å². The van der Waals surface area contributed by atoms with Crippen LogP contribution in [0.4, 0.5) is 5.69 Å². The number of likely N-dealkylation sites (tertiary alicyclic amines) is 1. The highest BCUT2D eigenvalue weighted by molar-refractivity contribution is 5.80. The fraction of sp³-hybridized carbons (Fsp3) is 0.562. The van der Waals surface area contributed by atoms with Crippen LogP contribution in [0.25, 0.3) is 0 Å². The van der Waals surface area contributed by atoms with Crippen molar-refractivity contribution in [2.45, 2.75) is 33.1 Å². The number of hydrogen-bond donors (Lipinski definition) is 1. The Bertz CT molecular complexity index is 405. The van der Waals surface area contributed by atoms with Gasteiger partial charge in [-0.3, -0.25) is 4.79 Å². The lowest BCUT2D eigenvalue weighted by Crippen LogP contribution is -2.40. The molecule has 0 unspecified atom stereocenters. The molecular formula is C16H24N2O. The highest BCUT2D eigenvalue weighted by Crippen LogP contribution is 2.16. The molecule has 3 nitrogen and oxygen atoms in total. The van der Waals surface area contributed by atoms with E-state index in [9.17, 15) is 4.79 Å². The average molecular weight is 260 g/mol. The highest BCUT2D eigenvalue weighted by Gasteiger charge is 2.19. The zero-order valence-electron chi connectivity index (χ0n) is 12.0. The molecule has 2 rings (SSSR count). The number of amides is 1. The second kappa shape index (κ2) is 6.60. The summed E-state index contributed by atoms with van der Waals surface area (Å²) in [5.41, 5.74) is 2.35. The van der Waals surface area contributed by atoms with Crippen molar-refractivity contribution < 1.29 is 4.79 Å². The van der Waals surface area contributed by atoms with Gasteiger partial charge in [0.2, 0.25) is 5.91 Å². The number of carbonyl (C=O) groups excluding carboxylic acids is 1. The third kappa shape index (κ3) is 3.98. The first kappa shape index (κ1) is 13.9. The summed E-state index contributed by atoms with van der Waals surface area (Å²) in [5, 5.41) is 3.21. The number of anilines is 1. The van der Waals surface area contributed by atoms with Gasteiger partial charge in [0.25, 0.3) is 0 Å². The number of nitrogens with zero attached hydrogens (tertiary/aromatic N) is 1. The van der Waals surface area contributed by atoms with E-state index in [0.717, 1.165) is 44.0 Å². The quantitative estimate of drug-likeness (QED) is 0.902. The van der Waals surface area contributed by atoms with Gasteiger partial charge in [-0.1, -0.05) is 26.0 Å². The van der Waals surface area contributed by atoms with Gasteiger partial charge in [-0.25, -0.2) is 0 Å². The maximum Gasteiger partial charge on any atom is 0.241 e. The van der Waals surface area contributed by atoms with Gasteiger partial charge >= 0.3 is 0 Å². The van der Waals surface area contributed by atoms with Crippen LogP contribution in [0.2, 0.25) is 0 Å². The molecule has 1 saturated heterocycles. The smallest absolute Gasteiger partial charge is 0.241 e. The predicted molar refractivity (Wildman–Crippen MR) is 79.3 cm³/mol. The molecule has 1 N–H and O–H groups in total. The van der Waals surface area contributed by atoms with Crippen LogP contribution >= 0.6 is 0 Å². The monoisotopic (exact) mass is 260 g/mol. The van der Waals surface area contributed by atoms with E-state index in [2.05, 4.69) is 31.3 Å². The molecule has 0 bridgehead atoms. The second-order valence-corrected chi connectivity index (χ2v) is 5.47. The molecule has 1 aliphatic rings. The van der Waals surface area contributed by atoms with Crippen molar-refractivity contribution in [1.29, 1.82) is 0 Å². The lowest BCUT2D eigenvalue weighted by atomic mass is 9.99. The number of piperidine rings is 1. The minimum atomic E-state index is 0.214. The Kier molecular flexibility index (Phi) is 4.83.